The fourth-order valence-corrected chi connectivity index (χ4v) is 3.42. The van der Waals surface area contributed by atoms with Crippen molar-refractivity contribution < 1.29 is 33.2 Å². The van der Waals surface area contributed by atoms with Gasteiger partial charge in [0.05, 0.1) is 29.8 Å². The van der Waals surface area contributed by atoms with Gasteiger partial charge < -0.3 is 25.4 Å². The van der Waals surface area contributed by atoms with Crippen LogP contribution in [0.2, 0.25) is 0 Å². The molecule has 0 aliphatic rings. The molecule has 1 aromatic carbocycles. The van der Waals surface area contributed by atoms with Gasteiger partial charge in [-0.1, -0.05) is 24.3 Å². The minimum absolute atomic E-state index is 0.0817. The van der Waals surface area contributed by atoms with Gasteiger partial charge in [0.1, 0.15) is 12.7 Å². The van der Waals surface area contributed by atoms with Gasteiger partial charge in [0, 0.05) is 11.6 Å². The van der Waals surface area contributed by atoms with Crippen molar-refractivity contribution in [3.8, 4) is 17.1 Å². The Kier molecular flexibility index (Phi) is 6.87. The molecule has 35 heavy (non-hydrogen) atoms. The number of ether oxygens (including phenoxy) is 1. The number of hydrogen-bond donors (Lipinski definition) is 4. The predicted molar refractivity (Wildman–Crippen MR) is 120 cm³/mol. The van der Waals surface area contributed by atoms with Crippen LogP contribution in [0.3, 0.4) is 0 Å². The Labute approximate surface area is 197 Å². The molecule has 0 saturated heterocycles. The molecule has 0 spiro atoms. The first-order chi connectivity index (χ1) is 16.7. The molecule has 0 saturated carbocycles. The van der Waals surface area contributed by atoms with Crippen LogP contribution in [-0.2, 0) is 6.18 Å². The first-order valence-electron chi connectivity index (χ1n) is 10.5. The van der Waals surface area contributed by atoms with E-state index in [9.17, 15) is 23.4 Å². The number of alkyl halides is 3. The van der Waals surface area contributed by atoms with Crippen molar-refractivity contribution in [2.75, 3.05) is 18.5 Å². The molecule has 2 unspecified atom stereocenters. The molecule has 0 amide bonds. The Morgan fingerprint density at radius 1 is 1.11 bits per heavy atom. The lowest BCUT2D eigenvalue weighted by atomic mass is 10.0. The third-order valence-corrected chi connectivity index (χ3v) is 5.10. The quantitative estimate of drug-likeness (QED) is 0.279. The first kappa shape index (κ1) is 24.4. The number of nitrogens with one attached hydrogen (secondary N) is 1. The summed E-state index contributed by atoms with van der Waals surface area (Å²) in [5, 5.41) is 36.1. The van der Waals surface area contributed by atoms with Crippen LogP contribution in [0.1, 0.15) is 23.0 Å². The number of aliphatic hydroxyl groups is 3. The highest BCUT2D eigenvalue weighted by molar-refractivity contribution is 5.68. The number of aryl methyl sites for hydroxylation is 1. The van der Waals surface area contributed by atoms with Gasteiger partial charge in [-0.05, 0) is 30.7 Å². The zero-order chi connectivity index (χ0) is 25.2. The molecule has 4 aromatic rings. The zero-order valence-electron chi connectivity index (χ0n) is 18.4. The van der Waals surface area contributed by atoms with Crippen LogP contribution in [-0.4, -0.2) is 54.2 Å². The molecule has 4 N–H and O–H groups in total. The Morgan fingerprint density at radius 3 is 2.63 bits per heavy atom. The minimum atomic E-state index is -4.56. The van der Waals surface area contributed by atoms with Crippen LogP contribution in [0.5, 0.6) is 5.88 Å². The number of pyridine rings is 1. The Balaban J connectivity index is 1.64. The van der Waals surface area contributed by atoms with E-state index in [2.05, 4.69) is 20.4 Å². The first-order valence-corrected chi connectivity index (χ1v) is 10.5. The van der Waals surface area contributed by atoms with Gasteiger partial charge in [-0.2, -0.15) is 22.8 Å². The van der Waals surface area contributed by atoms with E-state index in [4.69, 9.17) is 9.84 Å². The predicted octanol–water partition coefficient (Wildman–Crippen LogP) is 2.95. The molecule has 0 fully saturated rings. The van der Waals surface area contributed by atoms with Gasteiger partial charge in [-0.3, -0.25) is 0 Å². The number of halogens is 3. The summed E-state index contributed by atoms with van der Waals surface area (Å²) in [6, 6.07) is 11.3. The third kappa shape index (κ3) is 5.34. The molecule has 0 aliphatic heterocycles. The fraction of sp³-hybridized carbons (Fsp3) is 0.261. The van der Waals surface area contributed by atoms with E-state index in [0.717, 1.165) is 6.07 Å². The molecule has 3 heterocycles. The Morgan fingerprint density at radius 2 is 1.89 bits per heavy atom. The van der Waals surface area contributed by atoms with Crippen LogP contribution in [0.15, 0.2) is 54.7 Å². The summed E-state index contributed by atoms with van der Waals surface area (Å²) < 4.78 is 47.2. The van der Waals surface area contributed by atoms with E-state index in [0.29, 0.717) is 11.2 Å². The van der Waals surface area contributed by atoms with Crippen LogP contribution >= 0.6 is 0 Å². The number of imidazole rings is 1. The second-order valence-electron chi connectivity index (χ2n) is 7.73. The number of rotatable bonds is 8. The molecule has 12 heteroatoms. The van der Waals surface area contributed by atoms with E-state index in [1.165, 1.54) is 47.1 Å². The van der Waals surface area contributed by atoms with Gasteiger partial charge in [-0.25, -0.2) is 9.97 Å². The van der Waals surface area contributed by atoms with E-state index in [-0.39, 0.29) is 35.3 Å². The molecule has 9 nitrogen and oxygen atoms in total. The van der Waals surface area contributed by atoms with Crippen molar-refractivity contribution in [2.45, 2.75) is 25.4 Å². The second-order valence-corrected chi connectivity index (χ2v) is 7.73. The molecule has 0 bridgehead atoms. The lowest BCUT2D eigenvalue weighted by Gasteiger charge is -2.16. The van der Waals surface area contributed by atoms with Gasteiger partial charge in [-0.15, -0.1) is 0 Å². The van der Waals surface area contributed by atoms with Crippen LogP contribution < -0.4 is 10.1 Å². The number of fused-ring (bicyclic) bond motifs is 1. The summed E-state index contributed by atoms with van der Waals surface area (Å²) in [5.41, 5.74) is 0.358. The van der Waals surface area contributed by atoms with Crippen molar-refractivity contribution in [3.63, 3.8) is 0 Å². The lowest BCUT2D eigenvalue weighted by Crippen LogP contribution is -2.22. The highest BCUT2D eigenvalue weighted by Crippen LogP contribution is 2.36. The van der Waals surface area contributed by atoms with E-state index >= 15 is 0 Å². The highest BCUT2D eigenvalue weighted by Gasteiger charge is 2.34. The molecular formula is C23H22F3N5O4. The molecule has 4 rings (SSSR count). The standard InChI is InChI=1S/C23H22F3N5O4/c1-13-9-18(15-5-2-3-6-16(15)23(24,25)26)30-31-19(10-27-21(13)31)29-22(34)17-7-4-8-20(28-17)35-12-14(33)11-32/h2-10,14,22,29,32-34H,11-12H2,1H3. The number of aromatic nitrogens is 4. The topological polar surface area (TPSA) is 125 Å². The maximum absolute atomic E-state index is 13.5. The molecule has 184 valence electrons. The molecular weight excluding hydrogens is 467 g/mol. The summed E-state index contributed by atoms with van der Waals surface area (Å²) in [7, 11) is 0. The molecule has 0 radical (unpaired) electrons. The summed E-state index contributed by atoms with van der Waals surface area (Å²) in [5.74, 6) is 0.347. The highest BCUT2D eigenvalue weighted by atomic mass is 19.4. The van der Waals surface area contributed by atoms with E-state index in [1.54, 1.807) is 13.0 Å². The van der Waals surface area contributed by atoms with Crippen molar-refractivity contribution in [1.29, 1.82) is 0 Å². The largest absolute Gasteiger partial charge is 0.475 e. The van der Waals surface area contributed by atoms with Gasteiger partial charge >= 0.3 is 6.18 Å². The smallest absolute Gasteiger partial charge is 0.417 e. The third-order valence-electron chi connectivity index (χ3n) is 5.10. The van der Waals surface area contributed by atoms with Crippen molar-refractivity contribution >= 4 is 11.5 Å². The van der Waals surface area contributed by atoms with Crippen molar-refractivity contribution in [2.24, 2.45) is 0 Å². The molecule has 2 atom stereocenters. The maximum atomic E-state index is 13.5. The number of aliphatic hydroxyl groups excluding tert-OH is 3. The summed E-state index contributed by atoms with van der Waals surface area (Å²) in [4.78, 5) is 8.41. The summed E-state index contributed by atoms with van der Waals surface area (Å²) in [6.07, 6.45) is -5.57. The Hall–Kier alpha value is -3.74. The maximum Gasteiger partial charge on any atom is 0.417 e. The molecule has 3 aromatic heterocycles. The van der Waals surface area contributed by atoms with Gasteiger partial charge in [0.25, 0.3) is 0 Å². The number of anilines is 1. The van der Waals surface area contributed by atoms with Crippen molar-refractivity contribution in [1.82, 2.24) is 19.6 Å². The normalized spacial score (nSPS) is 13.6. The van der Waals surface area contributed by atoms with Crippen LogP contribution in [0.4, 0.5) is 19.0 Å². The Bertz CT molecular complexity index is 1330. The number of hydrogen-bond acceptors (Lipinski definition) is 8. The average molecular weight is 489 g/mol. The SMILES string of the molecule is Cc1cc(-c2ccccc2C(F)(F)F)nn2c(NC(O)c3cccc(OCC(O)CO)n3)cnc12. The zero-order valence-corrected chi connectivity index (χ0v) is 18.4. The van der Waals surface area contributed by atoms with E-state index in [1.807, 2.05) is 0 Å². The van der Waals surface area contributed by atoms with E-state index < -0.39 is 30.7 Å². The monoisotopic (exact) mass is 489 g/mol. The van der Waals surface area contributed by atoms with Crippen LogP contribution in [0.25, 0.3) is 16.9 Å². The fourth-order valence-electron chi connectivity index (χ4n) is 3.42. The second kappa shape index (κ2) is 9.86. The van der Waals surface area contributed by atoms with Gasteiger partial charge in [0.2, 0.25) is 5.88 Å². The number of nitrogens with zero attached hydrogens (tertiary/aromatic N) is 4. The average Bonchev–Trinajstić information content (AvgIpc) is 3.25. The van der Waals surface area contributed by atoms with Crippen molar-refractivity contribution in [3.05, 3.63) is 71.5 Å². The van der Waals surface area contributed by atoms with Crippen LogP contribution in [0, 0.1) is 6.92 Å². The summed E-state index contributed by atoms with van der Waals surface area (Å²) >= 11 is 0. The minimum Gasteiger partial charge on any atom is -0.475 e. The molecule has 0 aliphatic carbocycles. The summed E-state index contributed by atoms with van der Waals surface area (Å²) in [6.45, 7) is 1.04. The number of benzene rings is 1. The van der Waals surface area contributed by atoms with Gasteiger partial charge in [0.15, 0.2) is 17.7 Å². The lowest BCUT2D eigenvalue weighted by molar-refractivity contribution is -0.137.